The van der Waals surface area contributed by atoms with Gasteiger partial charge in [-0.2, -0.15) is 0 Å². The zero-order valence-electron chi connectivity index (χ0n) is 15.3. The predicted molar refractivity (Wildman–Crippen MR) is 104 cm³/mol. The number of piperazine rings is 1. The molecule has 1 heterocycles. The molecule has 1 saturated heterocycles. The first-order chi connectivity index (χ1) is 12.2. The Kier molecular flexibility index (Phi) is 9.08. The summed E-state index contributed by atoms with van der Waals surface area (Å²) in [5, 5.41) is 6.60. The summed E-state index contributed by atoms with van der Waals surface area (Å²) >= 11 is 5.93. The summed E-state index contributed by atoms with van der Waals surface area (Å²) in [6.07, 6.45) is 3.14. The molecule has 0 spiro atoms. The first-order valence-electron chi connectivity index (χ1n) is 9.38. The summed E-state index contributed by atoms with van der Waals surface area (Å²) < 4.78 is 0. The summed E-state index contributed by atoms with van der Waals surface area (Å²) in [4.78, 5) is 16.5. The highest BCUT2D eigenvalue weighted by Crippen LogP contribution is 2.13. The number of nitrogens with zero attached hydrogens (tertiary/aromatic N) is 2. The van der Waals surface area contributed by atoms with Crippen LogP contribution in [0.25, 0.3) is 0 Å². The molecule has 0 bridgehead atoms. The number of urea groups is 1. The highest BCUT2D eigenvalue weighted by Gasteiger charge is 2.16. The van der Waals surface area contributed by atoms with Crippen LogP contribution in [0.2, 0.25) is 5.02 Å². The quantitative estimate of drug-likeness (QED) is 0.660. The Bertz CT molecular complexity index is 501. The van der Waals surface area contributed by atoms with Crippen LogP contribution in [0.1, 0.15) is 31.7 Å². The van der Waals surface area contributed by atoms with E-state index in [2.05, 4.69) is 39.5 Å². The fourth-order valence-corrected chi connectivity index (χ4v) is 3.09. The van der Waals surface area contributed by atoms with Crippen LogP contribution in [0.4, 0.5) is 4.79 Å². The fraction of sp³-hybridized carbons (Fsp3) is 0.632. The van der Waals surface area contributed by atoms with Crippen LogP contribution in [-0.4, -0.2) is 61.6 Å². The lowest BCUT2D eigenvalue weighted by molar-refractivity contribution is 0.126. The Hall–Kier alpha value is -1.30. The van der Waals surface area contributed by atoms with E-state index in [-0.39, 0.29) is 6.03 Å². The lowest BCUT2D eigenvalue weighted by Crippen LogP contribution is -2.46. The molecule has 2 N–H and O–H groups in total. The molecule has 2 amide bonds. The van der Waals surface area contributed by atoms with Crippen molar-refractivity contribution in [3.63, 3.8) is 0 Å². The van der Waals surface area contributed by atoms with Gasteiger partial charge in [-0.1, -0.05) is 37.1 Å². The largest absolute Gasteiger partial charge is 0.338 e. The maximum atomic E-state index is 11.6. The van der Waals surface area contributed by atoms with E-state index >= 15 is 0 Å². The number of rotatable bonds is 9. The van der Waals surface area contributed by atoms with Gasteiger partial charge in [0.15, 0.2) is 0 Å². The van der Waals surface area contributed by atoms with Gasteiger partial charge in [0.05, 0.1) is 0 Å². The molecule has 2 rings (SSSR count). The Morgan fingerprint density at radius 1 is 1.00 bits per heavy atom. The van der Waals surface area contributed by atoms with Crippen LogP contribution in [0.3, 0.4) is 0 Å². The highest BCUT2D eigenvalue weighted by molar-refractivity contribution is 6.30. The number of amides is 2. The molecule has 0 unspecified atom stereocenters. The number of carbonyl (C=O) groups excluding carboxylic acids is 1. The number of hydrogen-bond donors (Lipinski definition) is 2. The normalized spacial score (nSPS) is 15.9. The van der Waals surface area contributed by atoms with E-state index in [0.29, 0.717) is 0 Å². The number of hydrogen-bond acceptors (Lipinski definition) is 3. The molecule has 140 valence electrons. The van der Waals surface area contributed by atoms with Crippen molar-refractivity contribution in [1.82, 2.24) is 20.4 Å². The second-order valence-corrected chi connectivity index (χ2v) is 7.07. The molecule has 0 aromatic heterocycles. The Labute approximate surface area is 156 Å². The van der Waals surface area contributed by atoms with Crippen LogP contribution in [0.5, 0.6) is 0 Å². The van der Waals surface area contributed by atoms with Gasteiger partial charge in [0.2, 0.25) is 0 Å². The zero-order valence-corrected chi connectivity index (χ0v) is 16.0. The van der Waals surface area contributed by atoms with E-state index in [1.54, 1.807) is 0 Å². The van der Waals surface area contributed by atoms with E-state index in [9.17, 15) is 4.79 Å². The molecule has 0 aliphatic carbocycles. The van der Waals surface area contributed by atoms with E-state index in [0.717, 1.165) is 76.6 Å². The van der Waals surface area contributed by atoms with Crippen molar-refractivity contribution in [3.8, 4) is 0 Å². The van der Waals surface area contributed by atoms with Gasteiger partial charge in [0.1, 0.15) is 0 Å². The second-order valence-electron chi connectivity index (χ2n) is 6.63. The molecule has 0 radical (unpaired) electrons. The van der Waals surface area contributed by atoms with Crippen LogP contribution >= 0.6 is 11.6 Å². The van der Waals surface area contributed by atoms with Gasteiger partial charge in [-0.15, -0.1) is 0 Å². The topological polar surface area (TPSA) is 47.6 Å². The molecule has 6 heteroatoms. The third-order valence-corrected chi connectivity index (χ3v) is 4.79. The first-order valence-corrected chi connectivity index (χ1v) is 9.76. The van der Waals surface area contributed by atoms with Crippen molar-refractivity contribution < 1.29 is 4.79 Å². The van der Waals surface area contributed by atoms with Crippen LogP contribution in [-0.2, 0) is 6.54 Å². The Morgan fingerprint density at radius 2 is 1.60 bits per heavy atom. The van der Waals surface area contributed by atoms with E-state index in [1.807, 2.05) is 12.1 Å². The van der Waals surface area contributed by atoms with Gasteiger partial charge in [-0.3, -0.25) is 4.90 Å². The third kappa shape index (κ3) is 8.08. The maximum absolute atomic E-state index is 11.6. The van der Waals surface area contributed by atoms with Gasteiger partial charge < -0.3 is 15.5 Å². The Balaban J connectivity index is 1.53. The zero-order chi connectivity index (χ0) is 17.9. The molecular formula is C19H31ClN4O. The van der Waals surface area contributed by atoms with Crippen molar-refractivity contribution in [1.29, 1.82) is 0 Å². The van der Waals surface area contributed by atoms with Crippen LogP contribution in [0.15, 0.2) is 24.3 Å². The highest BCUT2D eigenvalue weighted by atomic mass is 35.5. The lowest BCUT2D eigenvalue weighted by atomic mass is 10.2. The Morgan fingerprint density at radius 3 is 2.24 bits per heavy atom. The molecule has 1 fully saturated rings. The molecule has 25 heavy (non-hydrogen) atoms. The van der Waals surface area contributed by atoms with E-state index in [1.165, 1.54) is 5.56 Å². The van der Waals surface area contributed by atoms with Crippen molar-refractivity contribution in [3.05, 3.63) is 34.9 Å². The standard InChI is InChI=1S/C19H31ClN4O/c1-2-3-9-21-19(25)22-10-4-11-23-12-14-24(15-13-23)16-17-5-7-18(20)8-6-17/h5-8H,2-4,9-16H2,1H3,(H2,21,22,25). The predicted octanol–water partition coefficient (Wildman–Crippen LogP) is 2.95. The second kappa shape index (κ2) is 11.3. The minimum atomic E-state index is -0.0405. The van der Waals surface area contributed by atoms with E-state index < -0.39 is 0 Å². The van der Waals surface area contributed by atoms with Crippen molar-refractivity contribution >= 4 is 17.6 Å². The maximum Gasteiger partial charge on any atom is 0.314 e. The molecule has 0 atom stereocenters. The number of carbonyl (C=O) groups is 1. The first kappa shape index (κ1) is 20.0. The smallest absolute Gasteiger partial charge is 0.314 e. The summed E-state index contributed by atoms with van der Waals surface area (Å²) in [5.74, 6) is 0. The fourth-order valence-electron chi connectivity index (χ4n) is 2.96. The van der Waals surface area contributed by atoms with Gasteiger partial charge >= 0.3 is 6.03 Å². The summed E-state index contributed by atoms with van der Waals surface area (Å²) in [5.41, 5.74) is 1.32. The molecule has 5 nitrogen and oxygen atoms in total. The molecule has 1 aliphatic heterocycles. The molecule has 0 saturated carbocycles. The summed E-state index contributed by atoms with van der Waals surface area (Å²) in [7, 11) is 0. The molecule has 1 aromatic carbocycles. The monoisotopic (exact) mass is 366 g/mol. The van der Waals surface area contributed by atoms with Crippen LogP contribution in [0, 0.1) is 0 Å². The van der Waals surface area contributed by atoms with Gasteiger partial charge in [-0.25, -0.2) is 4.79 Å². The van der Waals surface area contributed by atoms with Crippen molar-refractivity contribution in [2.45, 2.75) is 32.7 Å². The number of unbranched alkanes of at least 4 members (excludes halogenated alkanes) is 1. The number of nitrogens with one attached hydrogen (secondary N) is 2. The minimum Gasteiger partial charge on any atom is -0.338 e. The van der Waals surface area contributed by atoms with Crippen LogP contribution < -0.4 is 10.6 Å². The van der Waals surface area contributed by atoms with Crippen molar-refractivity contribution in [2.24, 2.45) is 0 Å². The lowest BCUT2D eigenvalue weighted by Gasteiger charge is -2.34. The minimum absolute atomic E-state index is 0.0405. The van der Waals surface area contributed by atoms with Gasteiger partial charge in [0, 0.05) is 50.8 Å². The van der Waals surface area contributed by atoms with Gasteiger partial charge in [-0.05, 0) is 37.1 Å². The number of benzene rings is 1. The van der Waals surface area contributed by atoms with Gasteiger partial charge in [0.25, 0.3) is 0 Å². The third-order valence-electron chi connectivity index (χ3n) is 4.54. The summed E-state index contributed by atoms with van der Waals surface area (Å²) in [6, 6.07) is 8.08. The molecule has 1 aliphatic rings. The summed E-state index contributed by atoms with van der Waals surface area (Å²) in [6.45, 7) is 10.0. The number of halogens is 1. The average molecular weight is 367 g/mol. The van der Waals surface area contributed by atoms with E-state index in [4.69, 9.17) is 11.6 Å². The molecule has 1 aromatic rings. The average Bonchev–Trinajstić information content (AvgIpc) is 2.62. The SMILES string of the molecule is CCCCNC(=O)NCCCN1CCN(Cc2ccc(Cl)cc2)CC1. The van der Waals surface area contributed by atoms with Crippen molar-refractivity contribution in [2.75, 3.05) is 45.8 Å². The molecular weight excluding hydrogens is 336 g/mol.